The third-order valence-electron chi connectivity index (χ3n) is 7.29. The number of fused-ring (bicyclic) bond motifs is 3. The van der Waals surface area contributed by atoms with Crippen LogP contribution in [0.2, 0.25) is 15.1 Å². The van der Waals surface area contributed by atoms with Crippen LogP contribution in [0.15, 0.2) is 73.1 Å². The molecule has 46 heavy (non-hydrogen) atoms. The maximum atomic E-state index is 12.2. The summed E-state index contributed by atoms with van der Waals surface area (Å²) in [7, 11) is 3.06. The van der Waals surface area contributed by atoms with Gasteiger partial charge >= 0.3 is 0 Å². The molecule has 2 amide bonds. The van der Waals surface area contributed by atoms with Gasteiger partial charge in [-0.05, 0) is 60.2 Å². The summed E-state index contributed by atoms with van der Waals surface area (Å²) in [5.41, 5.74) is 12.8. The molecule has 2 aliphatic heterocycles. The predicted octanol–water partition coefficient (Wildman–Crippen LogP) is 7.71. The molecule has 232 valence electrons. The number of ether oxygens (including phenoxy) is 2. The number of nitrogens with one attached hydrogen (secondary N) is 4. The Labute approximate surface area is 278 Å². The Bertz CT molecular complexity index is 2110. The normalized spacial score (nSPS) is 14.8. The first-order chi connectivity index (χ1) is 22.1. The second kappa shape index (κ2) is 12.7. The number of nitrogens with zero attached hydrogens (tertiary/aromatic N) is 1. The number of methoxy groups -OCH3 is 2. The molecule has 0 atom stereocenters. The van der Waals surface area contributed by atoms with Gasteiger partial charge in [-0.3, -0.25) is 14.7 Å². The van der Waals surface area contributed by atoms with E-state index in [1.54, 1.807) is 60.9 Å². The van der Waals surface area contributed by atoms with Crippen LogP contribution in [0.4, 0.5) is 22.7 Å². The number of carbonyl (C=O) groups is 2. The third-order valence-corrected chi connectivity index (χ3v) is 8.05. The number of carbonyl (C=O) groups excluding carboxylic acids is 2. The lowest BCUT2D eigenvalue weighted by Crippen LogP contribution is -2.05. The highest BCUT2D eigenvalue weighted by Crippen LogP contribution is 2.38. The Morgan fingerprint density at radius 1 is 0.804 bits per heavy atom. The highest BCUT2D eigenvalue weighted by atomic mass is 35.5. The molecule has 3 heterocycles. The van der Waals surface area contributed by atoms with Crippen molar-refractivity contribution in [3.8, 4) is 11.5 Å². The van der Waals surface area contributed by atoms with Crippen molar-refractivity contribution in [3.63, 3.8) is 0 Å². The number of aromatic nitrogens is 2. The van der Waals surface area contributed by atoms with Crippen LogP contribution in [0.3, 0.4) is 0 Å². The molecule has 7 rings (SSSR count). The van der Waals surface area contributed by atoms with E-state index in [2.05, 4.69) is 26.1 Å². The number of amides is 2. The van der Waals surface area contributed by atoms with Crippen LogP contribution < -0.4 is 31.2 Å². The monoisotopic (exact) mass is 674 g/mol. The molecular formula is C33H25Cl3N6O4. The number of H-pyrrole nitrogens is 1. The van der Waals surface area contributed by atoms with Gasteiger partial charge in [0, 0.05) is 67.5 Å². The summed E-state index contributed by atoms with van der Waals surface area (Å²) in [5.74, 6) is 0.663. The lowest BCUT2D eigenvalue weighted by molar-refractivity contribution is -0.111. The summed E-state index contributed by atoms with van der Waals surface area (Å²) in [6.07, 6.45) is 5.13. The second-order valence-electron chi connectivity index (χ2n) is 10.2. The van der Waals surface area contributed by atoms with Gasteiger partial charge in [-0.2, -0.15) is 5.10 Å². The summed E-state index contributed by atoms with van der Waals surface area (Å²) >= 11 is 18.1. The van der Waals surface area contributed by atoms with Crippen molar-refractivity contribution in [2.75, 3.05) is 35.9 Å². The van der Waals surface area contributed by atoms with Gasteiger partial charge in [0.1, 0.15) is 11.5 Å². The van der Waals surface area contributed by atoms with Gasteiger partial charge in [0.2, 0.25) is 0 Å². The topological polar surface area (TPSA) is 143 Å². The van der Waals surface area contributed by atoms with Gasteiger partial charge in [0.25, 0.3) is 11.8 Å². The van der Waals surface area contributed by atoms with Gasteiger partial charge in [-0.25, -0.2) is 0 Å². The van der Waals surface area contributed by atoms with Gasteiger partial charge in [0.15, 0.2) is 0 Å². The number of anilines is 4. The molecule has 0 bridgehead atoms. The van der Waals surface area contributed by atoms with Crippen LogP contribution in [-0.4, -0.2) is 36.2 Å². The first-order valence-electron chi connectivity index (χ1n) is 13.7. The number of nitrogens with two attached hydrogens (primary N) is 1. The maximum Gasteiger partial charge on any atom is 0.257 e. The minimum Gasteiger partial charge on any atom is -0.495 e. The summed E-state index contributed by atoms with van der Waals surface area (Å²) in [4.78, 5) is 24.4. The van der Waals surface area contributed by atoms with Crippen molar-refractivity contribution in [1.82, 2.24) is 10.2 Å². The number of hydrogen-bond acceptors (Lipinski definition) is 7. The van der Waals surface area contributed by atoms with E-state index in [1.165, 1.54) is 14.2 Å². The van der Waals surface area contributed by atoms with E-state index < -0.39 is 0 Å². The molecule has 0 aliphatic carbocycles. The third kappa shape index (κ3) is 6.05. The number of aromatic amines is 1. The van der Waals surface area contributed by atoms with E-state index >= 15 is 0 Å². The van der Waals surface area contributed by atoms with E-state index in [0.717, 1.165) is 39.0 Å². The van der Waals surface area contributed by atoms with E-state index in [4.69, 9.17) is 50.0 Å². The Hall–Kier alpha value is -5.16. The summed E-state index contributed by atoms with van der Waals surface area (Å²) in [5, 5.41) is 18.1. The number of nitrogen functional groups attached to an aromatic ring is 1. The quantitative estimate of drug-likeness (QED) is 0.0949. The number of halogens is 3. The molecule has 0 radical (unpaired) electrons. The molecule has 0 spiro atoms. The minimum absolute atomic E-state index is 0.156. The first-order valence-corrected chi connectivity index (χ1v) is 14.8. The lowest BCUT2D eigenvalue weighted by atomic mass is 10.0. The average molecular weight is 676 g/mol. The first kappa shape index (κ1) is 30.8. The van der Waals surface area contributed by atoms with Gasteiger partial charge < -0.3 is 31.2 Å². The van der Waals surface area contributed by atoms with Crippen LogP contribution in [0.25, 0.3) is 28.1 Å². The molecule has 0 saturated heterocycles. The summed E-state index contributed by atoms with van der Waals surface area (Å²) < 4.78 is 10.5. The van der Waals surface area contributed by atoms with Crippen molar-refractivity contribution in [2.24, 2.45) is 0 Å². The number of benzene rings is 4. The Morgan fingerprint density at radius 3 is 2.09 bits per heavy atom. The van der Waals surface area contributed by atoms with Crippen LogP contribution >= 0.6 is 34.8 Å². The minimum atomic E-state index is -0.209. The second-order valence-corrected chi connectivity index (χ2v) is 11.5. The molecule has 2 aliphatic rings. The highest BCUT2D eigenvalue weighted by Gasteiger charge is 2.25. The SMILES string of the molecule is COc1cc(NC=C2C(=O)Nc3ccc(Cl)cc32)c(OC)cc1Cl.Nc1cc(C=C2C(=O)Nc3ccc(Cl)cc32)c2cn[nH]c2c1. The zero-order chi connectivity index (χ0) is 32.5. The fourth-order valence-electron chi connectivity index (χ4n) is 5.11. The number of hydrogen-bond donors (Lipinski definition) is 5. The molecule has 5 aromatic rings. The van der Waals surface area contributed by atoms with Crippen molar-refractivity contribution in [3.05, 3.63) is 105 Å². The fraction of sp³-hybridized carbons (Fsp3) is 0.0606. The molecule has 4 aromatic carbocycles. The van der Waals surface area contributed by atoms with Crippen molar-refractivity contribution in [1.29, 1.82) is 0 Å². The summed E-state index contributed by atoms with van der Waals surface area (Å²) in [6.45, 7) is 0. The van der Waals surface area contributed by atoms with Gasteiger partial charge in [-0.1, -0.05) is 34.8 Å². The van der Waals surface area contributed by atoms with Crippen LogP contribution in [-0.2, 0) is 9.59 Å². The van der Waals surface area contributed by atoms with Crippen LogP contribution in [0, 0.1) is 0 Å². The van der Waals surface area contributed by atoms with Crippen LogP contribution in [0.5, 0.6) is 11.5 Å². The highest BCUT2D eigenvalue weighted by molar-refractivity contribution is 6.37. The van der Waals surface area contributed by atoms with Crippen LogP contribution in [0.1, 0.15) is 16.7 Å². The molecule has 10 nitrogen and oxygen atoms in total. The smallest absolute Gasteiger partial charge is 0.257 e. The Morgan fingerprint density at radius 2 is 1.43 bits per heavy atom. The molecule has 0 unspecified atom stereocenters. The van der Waals surface area contributed by atoms with E-state index in [9.17, 15) is 9.59 Å². The largest absolute Gasteiger partial charge is 0.495 e. The average Bonchev–Trinajstić information content (AvgIpc) is 3.71. The van der Waals surface area contributed by atoms with Gasteiger partial charge in [0.05, 0.1) is 42.2 Å². The van der Waals surface area contributed by atoms with E-state index in [-0.39, 0.29) is 11.8 Å². The summed E-state index contributed by atoms with van der Waals surface area (Å²) in [6, 6.07) is 17.5. The zero-order valence-corrected chi connectivity index (χ0v) is 26.6. The molecule has 13 heteroatoms. The fourth-order valence-corrected chi connectivity index (χ4v) is 5.68. The van der Waals surface area contributed by atoms with E-state index in [1.807, 2.05) is 18.2 Å². The predicted molar refractivity (Wildman–Crippen MR) is 185 cm³/mol. The van der Waals surface area contributed by atoms with Crippen molar-refractivity contribution >= 4 is 97.5 Å². The maximum absolute atomic E-state index is 12.2. The van der Waals surface area contributed by atoms with Gasteiger partial charge in [-0.15, -0.1) is 0 Å². The van der Waals surface area contributed by atoms with Crippen molar-refractivity contribution in [2.45, 2.75) is 0 Å². The molecule has 0 fully saturated rings. The Balaban J connectivity index is 0.000000162. The Kier molecular flexibility index (Phi) is 8.50. The number of rotatable bonds is 5. The lowest BCUT2D eigenvalue weighted by Gasteiger charge is -2.12. The zero-order valence-electron chi connectivity index (χ0n) is 24.3. The molecule has 0 saturated carbocycles. The van der Waals surface area contributed by atoms with Crippen molar-refractivity contribution < 1.29 is 19.1 Å². The van der Waals surface area contributed by atoms with E-state index in [0.29, 0.717) is 49.1 Å². The molecule has 1 aromatic heterocycles. The molecular weight excluding hydrogens is 651 g/mol. The standard InChI is InChI=1S/C17H14Cl2N2O3.C16H11ClN4O/c1-23-15-7-14(16(24-2)6-12(15)19)20-8-11-10-5-9(18)3-4-13(10)21-17(11)22;17-9-1-2-14-11(5-9)12(16(22)20-14)4-8-3-10(18)6-15-13(8)7-19-21-15/h3-8,20H,1-2H3,(H,21,22);1-7H,18H2,(H,19,21)(H,20,22). The molecule has 6 N–H and O–H groups in total.